The predicted octanol–water partition coefficient (Wildman–Crippen LogP) is 4.24. The minimum absolute atomic E-state index is 0.0898. The highest BCUT2D eigenvalue weighted by atomic mass is 19.1. The summed E-state index contributed by atoms with van der Waals surface area (Å²) in [5, 5.41) is 2.87. The molecule has 0 radical (unpaired) electrons. The molecule has 94 valence electrons. The fraction of sp³-hybridized carbons (Fsp3) is 0.538. The molecule has 1 aliphatic carbocycles. The third-order valence-corrected chi connectivity index (χ3v) is 3.21. The standard InChI is InChI=1S/C13H16F3N/c14-9-7-11(15)13(12(16)8-9)17-10-5-3-1-2-4-6-10/h7-8,10,17H,1-6H2. The first-order valence-corrected chi connectivity index (χ1v) is 6.08. The first-order chi connectivity index (χ1) is 8.16. The molecule has 1 saturated carbocycles. The molecular formula is C13H16F3N. The molecule has 0 saturated heterocycles. The van der Waals surface area contributed by atoms with E-state index >= 15 is 0 Å². The van der Waals surface area contributed by atoms with Crippen LogP contribution in [0.3, 0.4) is 0 Å². The van der Waals surface area contributed by atoms with Crippen molar-refractivity contribution in [2.45, 2.75) is 44.6 Å². The second-order valence-electron chi connectivity index (χ2n) is 4.58. The maximum atomic E-state index is 13.4. The topological polar surface area (TPSA) is 12.0 Å². The van der Waals surface area contributed by atoms with Gasteiger partial charge in [0.05, 0.1) is 0 Å². The molecule has 17 heavy (non-hydrogen) atoms. The Balaban J connectivity index is 2.11. The van der Waals surface area contributed by atoms with Crippen LogP contribution in [0.4, 0.5) is 18.9 Å². The van der Waals surface area contributed by atoms with Crippen molar-refractivity contribution in [3.8, 4) is 0 Å². The smallest absolute Gasteiger partial charge is 0.152 e. The second-order valence-corrected chi connectivity index (χ2v) is 4.58. The lowest BCUT2D eigenvalue weighted by molar-refractivity contribution is 0.537. The van der Waals surface area contributed by atoms with Crippen LogP contribution >= 0.6 is 0 Å². The van der Waals surface area contributed by atoms with Crippen molar-refractivity contribution in [1.82, 2.24) is 0 Å². The SMILES string of the molecule is Fc1cc(F)c(NC2CCCCCC2)c(F)c1. The van der Waals surface area contributed by atoms with E-state index in [-0.39, 0.29) is 11.7 Å². The first kappa shape index (κ1) is 12.3. The molecule has 0 bridgehead atoms. The highest BCUT2D eigenvalue weighted by Crippen LogP contribution is 2.25. The van der Waals surface area contributed by atoms with E-state index in [0.29, 0.717) is 12.1 Å². The number of nitrogens with one attached hydrogen (secondary N) is 1. The molecule has 0 heterocycles. The van der Waals surface area contributed by atoms with Gasteiger partial charge < -0.3 is 5.32 Å². The van der Waals surface area contributed by atoms with Gasteiger partial charge >= 0.3 is 0 Å². The zero-order chi connectivity index (χ0) is 12.3. The highest BCUT2D eigenvalue weighted by Gasteiger charge is 2.17. The van der Waals surface area contributed by atoms with Gasteiger partial charge in [0, 0.05) is 18.2 Å². The highest BCUT2D eigenvalue weighted by molar-refractivity contribution is 5.47. The van der Waals surface area contributed by atoms with Crippen LogP contribution < -0.4 is 5.32 Å². The molecule has 1 aromatic carbocycles. The Morgan fingerprint density at radius 3 is 1.94 bits per heavy atom. The molecule has 0 amide bonds. The molecular weight excluding hydrogens is 227 g/mol. The predicted molar refractivity (Wildman–Crippen MR) is 61.4 cm³/mol. The van der Waals surface area contributed by atoms with Gasteiger partial charge in [0.1, 0.15) is 11.5 Å². The number of benzene rings is 1. The maximum absolute atomic E-state index is 13.4. The van der Waals surface area contributed by atoms with Crippen molar-refractivity contribution >= 4 is 5.69 Å². The van der Waals surface area contributed by atoms with Gasteiger partial charge in [-0.2, -0.15) is 0 Å². The van der Waals surface area contributed by atoms with Crippen LogP contribution in [-0.4, -0.2) is 6.04 Å². The van der Waals surface area contributed by atoms with Crippen LogP contribution in [0.1, 0.15) is 38.5 Å². The lowest BCUT2D eigenvalue weighted by atomic mass is 10.1. The summed E-state index contributed by atoms with van der Waals surface area (Å²) in [5.74, 6) is -2.59. The zero-order valence-corrected chi connectivity index (χ0v) is 9.61. The average molecular weight is 243 g/mol. The Morgan fingerprint density at radius 1 is 0.882 bits per heavy atom. The zero-order valence-electron chi connectivity index (χ0n) is 9.61. The van der Waals surface area contributed by atoms with Crippen LogP contribution in [0.2, 0.25) is 0 Å². The van der Waals surface area contributed by atoms with Crippen molar-refractivity contribution < 1.29 is 13.2 Å². The summed E-state index contributed by atoms with van der Waals surface area (Å²) in [6.07, 6.45) is 6.32. The first-order valence-electron chi connectivity index (χ1n) is 6.08. The summed E-state index contributed by atoms with van der Waals surface area (Å²) in [7, 11) is 0. The van der Waals surface area contributed by atoms with Crippen molar-refractivity contribution in [3.05, 3.63) is 29.6 Å². The third kappa shape index (κ3) is 3.14. The van der Waals surface area contributed by atoms with E-state index in [4.69, 9.17) is 0 Å². The van der Waals surface area contributed by atoms with Crippen LogP contribution in [0.15, 0.2) is 12.1 Å². The summed E-state index contributed by atoms with van der Waals surface area (Å²) in [5.41, 5.74) is -0.196. The number of hydrogen-bond acceptors (Lipinski definition) is 1. The Kier molecular flexibility index (Phi) is 3.92. The van der Waals surface area contributed by atoms with Crippen molar-refractivity contribution in [2.24, 2.45) is 0 Å². The molecule has 1 aliphatic rings. The number of anilines is 1. The normalized spacial score (nSPS) is 17.8. The van der Waals surface area contributed by atoms with E-state index < -0.39 is 17.5 Å². The van der Waals surface area contributed by atoms with Gasteiger partial charge in [-0.15, -0.1) is 0 Å². The Hall–Kier alpha value is -1.19. The van der Waals surface area contributed by atoms with Gasteiger partial charge in [-0.05, 0) is 12.8 Å². The molecule has 1 N–H and O–H groups in total. The Morgan fingerprint density at radius 2 is 1.41 bits per heavy atom. The minimum Gasteiger partial charge on any atom is -0.378 e. The van der Waals surface area contributed by atoms with E-state index in [9.17, 15) is 13.2 Å². The summed E-state index contributed by atoms with van der Waals surface area (Å²) in [6, 6.07) is 1.51. The fourth-order valence-corrected chi connectivity index (χ4v) is 2.31. The molecule has 4 heteroatoms. The second kappa shape index (κ2) is 5.43. The molecule has 0 spiro atoms. The van der Waals surface area contributed by atoms with E-state index in [1.54, 1.807) is 0 Å². The summed E-state index contributed by atoms with van der Waals surface area (Å²) in [4.78, 5) is 0. The average Bonchev–Trinajstić information content (AvgIpc) is 2.51. The van der Waals surface area contributed by atoms with Gasteiger partial charge in [-0.3, -0.25) is 0 Å². The lowest BCUT2D eigenvalue weighted by Gasteiger charge is -2.18. The van der Waals surface area contributed by atoms with E-state index in [2.05, 4.69) is 5.32 Å². The largest absolute Gasteiger partial charge is 0.378 e. The molecule has 1 fully saturated rings. The number of rotatable bonds is 2. The number of hydrogen-bond donors (Lipinski definition) is 1. The molecule has 0 atom stereocenters. The van der Waals surface area contributed by atoms with Crippen LogP contribution in [-0.2, 0) is 0 Å². The molecule has 1 aromatic rings. The van der Waals surface area contributed by atoms with E-state index in [1.165, 1.54) is 12.8 Å². The van der Waals surface area contributed by atoms with Gasteiger partial charge in [-0.1, -0.05) is 25.7 Å². The van der Waals surface area contributed by atoms with E-state index in [0.717, 1.165) is 25.7 Å². The fourth-order valence-electron chi connectivity index (χ4n) is 2.31. The van der Waals surface area contributed by atoms with Crippen molar-refractivity contribution in [1.29, 1.82) is 0 Å². The quantitative estimate of drug-likeness (QED) is 0.766. The molecule has 2 rings (SSSR count). The molecule has 1 nitrogen and oxygen atoms in total. The minimum atomic E-state index is -0.883. The lowest BCUT2D eigenvalue weighted by Crippen LogP contribution is -2.20. The summed E-state index contributed by atoms with van der Waals surface area (Å²) in [6.45, 7) is 0. The van der Waals surface area contributed by atoms with E-state index in [1.807, 2.05) is 0 Å². The van der Waals surface area contributed by atoms with Crippen molar-refractivity contribution in [3.63, 3.8) is 0 Å². The Bertz CT molecular complexity index is 361. The summed E-state index contributed by atoms with van der Waals surface area (Å²) < 4.78 is 39.6. The van der Waals surface area contributed by atoms with Crippen LogP contribution in [0.25, 0.3) is 0 Å². The van der Waals surface area contributed by atoms with Crippen molar-refractivity contribution in [2.75, 3.05) is 5.32 Å². The summed E-state index contributed by atoms with van der Waals surface area (Å²) >= 11 is 0. The molecule has 0 unspecified atom stereocenters. The van der Waals surface area contributed by atoms with Gasteiger partial charge in [0.25, 0.3) is 0 Å². The third-order valence-electron chi connectivity index (χ3n) is 3.21. The van der Waals surface area contributed by atoms with Gasteiger partial charge in [0.2, 0.25) is 0 Å². The molecule has 0 aliphatic heterocycles. The van der Waals surface area contributed by atoms with Crippen LogP contribution in [0, 0.1) is 17.5 Å². The van der Waals surface area contributed by atoms with Gasteiger partial charge in [-0.25, -0.2) is 13.2 Å². The number of halogens is 3. The Labute approximate surface area is 99.0 Å². The monoisotopic (exact) mass is 243 g/mol. The maximum Gasteiger partial charge on any atom is 0.152 e. The van der Waals surface area contributed by atoms with Gasteiger partial charge in [0.15, 0.2) is 11.6 Å². The molecule has 0 aromatic heterocycles. The van der Waals surface area contributed by atoms with Crippen LogP contribution in [0.5, 0.6) is 0 Å².